The summed E-state index contributed by atoms with van der Waals surface area (Å²) in [5, 5.41) is 13.2. The maximum atomic E-state index is 11.2. The summed E-state index contributed by atoms with van der Waals surface area (Å²) in [6.07, 6.45) is 5.71. The fourth-order valence-electron chi connectivity index (χ4n) is 2.32. The quantitative estimate of drug-likeness (QED) is 0.896. The number of thiazole rings is 1. The Morgan fingerprint density at radius 3 is 3.20 bits per heavy atom. The van der Waals surface area contributed by atoms with Gasteiger partial charge in [-0.15, -0.1) is 11.3 Å². The molecule has 1 aliphatic rings. The van der Waals surface area contributed by atoms with Gasteiger partial charge in [-0.2, -0.15) is 0 Å². The van der Waals surface area contributed by atoms with Crippen LogP contribution in [0.1, 0.15) is 35.0 Å². The highest BCUT2D eigenvalue weighted by atomic mass is 32.1. The topological polar surface area (TPSA) is 88.0 Å². The van der Waals surface area contributed by atoms with Gasteiger partial charge in [0.15, 0.2) is 5.13 Å². The molecule has 20 heavy (non-hydrogen) atoms. The van der Waals surface area contributed by atoms with Crippen LogP contribution < -0.4 is 5.32 Å². The number of aryl methyl sites for hydroxylation is 1. The lowest BCUT2D eigenvalue weighted by Gasteiger charge is -2.16. The zero-order valence-electron chi connectivity index (χ0n) is 10.7. The Balaban J connectivity index is 1.74. The van der Waals surface area contributed by atoms with Crippen molar-refractivity contribution in [2.24, 2.45) is 0 Å². The van der Waals surface area contributed by atoms with E-state index in [1.807, 2.05) is 6.07 Å². The average Bonchev–Trinajstić information content (AvgIpc) is 2.88. The van der Waals surface area contributed by atoms with Gasteiger partial charge in [0.05, 0.1) is 17.9 Å². The van der Waals surface area contributed by atoms with Crippen molar-refractivity contribution < 1.29 is 9.90 Å². The second-order valence-electron chi connectivity index (χ2n) is 4.66. The second-order valence-corrected chi connectivity index (χ2v) is 5.75. The van der Waals surface area contributed by atoms with Crippen molar-refractivity contribution in [3.05, 3.63) is 34.9 Å². The molecule has 2 heterocycles. The van der Waals surface area contributed by atoms with Gasteiger partial charge in [0.25, 0.3) is 0 Å². The normalized spacial score (nSPS) is 17.5. The number of carboxylic acids is 1. The summed E-state index contributed by atoms with van der Waals surface area (Å²) in [5.74, 6) is -1.23. The van der Waals surface area contributed by atoms with Crippen molar-refractivity contribution in [1.29, 1.82) is 0 Å². The summed E-state index contributed by atoms with van der Waals surface area (Å²) < 4.78 is 0. The Morgan fingerprint density at radius 2 is 2.45 bits per heavy atom. The van der Waals surface area contributed by atoms with E-state index in [9.17, 15) is 9.90 Å². The number of carbonyl (C=O) groups is 1. The Hall–Kier alpha value is -2.02. The van der Waals surface area contributed by atoms with Gasteiger partial charge in [0.2, 0.25) is 0 Å². The third kappa shape index (κ3) is 2.62. The molecule has 0 saturated heterocycles. The summed E-state index contributed by atoms with van der Waals surface area (Å²) in [6.45, 7) is 0.562. The number of hydrogen-bond acceptors (Lipinski definition) is 6. The SMILES string of the molecule is O=C(O)C1CCCc2sc(NCc3ccncn3)nc21. The first-order chi connectivity index (χ1) is 9.74. The molecule has 2 N–H and O–H groups in total. The van der Waals surface area contributed by atoms with Crippen molar-refractivity contribution in [1.82, 2.24) is 15.0 Å². The molecule has 3 rings (SSSR count). The number of carboxylic acid groups (broad SMARTS) is 1. The zero-order chi connectivity index (χ0) is 13.9. The molecule has 1 aliphatic carbocycles. The van der Waals surface area contributed by atoms with Gasteiger partial charge in [-0.25, -0.2) is 15.0 Å². The molecule has 2 aromatic rings. The smallest absolute Gasteiger partial charge is 0.312 e. The van der Waals surface area contributed by atoms with Crippen LogP contribution in [-0.4, -0.2) is 26.0 Å². The minimum atomic E-state index is -0.779. The van der Waals surface area contributed by atoms with Crippen molar-refractivity contribution in [3.63, 3.8) is 0 Å². The number of aliphatic carboxylic acids is 1. The molecule has 0 radical (unpaired) electrons. The van der Waals surface area contributed by atoms with E-state index in [-0.39, 0.29) is 0 Å². The highest BCUT2D eigenvalue weighted by Gasteiger charge is 2.29. The van der Waals surface area contributed by atoms with E-state index in [4.69, 9.17) is 0 Å². The molecule has 0 amide bonds. The van der Waals surface area contributed by atoms with Gasteiger partial charge < -0.3 is 10.4 Å². The molecule has 0 aliphatic heterocycles. The Bertz CT molecular complexity index is 614. The number of nitrogens with one attached hydrogen (secondary N) is 1. The van der Waals surface area contributed by atoms with Crippen LogP contribution in [0.3, 0.4) is 0 Å². The molecule has 1 unspecified atom stereocenters. The lowest BCUT2D eigenvalue weighted by molar-refractivity contribution is -0.139. The number of fused-ring (bicyclic) bond motifs is 1. The molecule has 104 valence electrons. The first kappa shape index (κ1) is 13.0. The van der Waals surface area contributed by atoms with E-state index in [1.165, 1.54) is 6.33 Å². The average molecular weight is 290 g/mol. The van der Waals surface area contributed by atoms with Gasteiger partial charge in [0, 0.05) is 11.1 Å². The van der Waals surface area contributed by atoms with Crippen LogP contribution in [0.15, 0.2) is 18.6 Å². The van der Waals surface area contributed by atoms with Crippen LogP contribution in [0.5, 0.6) is 0 Å². The number of hydrogen-bond donors (Lipinski definition) is 2. The minimum absolute atomic E-state index is 0.454. The molecule has 0 spiro atoms. The van der Waals surface area contributed by atoms with Gasteiger partial charge in [-0.3, -0.25) is 4.79 Å². The predicted octanol–water partition coefficient (Wildman–Crippen LogP) is 2.05. The fraction of sp³-hybridized carbons (Fsp3) is 0.385. The monoisotopic (exact) mass is 290 g/mol. The Kier molecular flexibility index (Phi) is 3.60. The molecule has 0 saturated carbocycles. The molecule has 1 atom stereocenters. The van der Waals surface area contributed by atoms with E-state index in [0.29, 0.717) is 13.0 Å². The predicted molar refractivity (Wildman–Crippen MR) is 74.8 cm³/mol. The number of nitrogens with zero attached hydrogens (tertiary/aromatic N) is 3. The molecular weight excluding hydrogens is 276 g/mol. The van der Waals surface area contributed by atoms with Crippen molar-refractivity contribution in [2.45, 2.75) is 31.7 Å². The summed E-state index contributed by atoms with van der Waals surface area (Å²) in [5.41, 5.74) is 1.61. The molecule has 2 aromatic heterocycles. The van der Waals surface area contributed by atoms with E-state index < -0.39 is 11.9 Å². The van der Waals surface area contributed by atoms with Crippen LogP contribution >= 0.6 is 11.3 Å². The second kappa shape index (κ2) is 5.54. The summed E-state index contributed by atoms with van der Waals surface area (Å²) in [6, 6.07) is 1.83. The van der Waals surface area contributed by atoms with Gasteiger partial charge in [-0.1, -0.05) is 0 Å². The van der Waals surface area contributed by atoms with Crippen LogP contribution in [-0.2, 0) is 17.8 Å². The van der Waals surface area contributed by atoms with E-state index in [1.54, 1.807) is 17.5 Å². The molecular formula is C13H14N4O2S. The van der Waals surface area contributed by atoms with Crippen LogP contribution in [0.25, 0.3) is 0 Å². The summed E-state index contributed by atoms with van der Waals surface area (Å²) in [7, 11) is 0. The molecule has 0 aromatic carbocycles. The van der Waals surface area contributed by atoms with Crippen LogP contribution in [0.2, 0.25) is 0 Å². The zero-order valence-corrected chi connectivity index (χ0v) is 11.6. The Labute approximate surface area is 119 Å². The van der Waals surface area contributed by atoms with Gasteiger partial charge in [-0.05, 0) is 25.3 Å². The van der Waals surface area contributed by atoms with E-state index in [0.717, 1.165) is 34.2 Å². The maximum Gasteiger partial charge on any atom is 0.312 e. The highest BCUT2D eigenvalue weighted by Crippen LogP contribution is 2.36. The van der Waals surface area contributed by atoms with Crippen LogP contribution in [0, 0.1) is 0 Å². The molecule has 6 nitrogen and oxygen atoms in total. The summed E-state index contributed by atoms with van der Waals surface area (Å²) >= 11 is 1.55. The van der Waals surface area contributed by atoms with Crippen molar-refractivity contribution in [3.8, 4) is 0 Å². The first-order valence-corrected chi connectivity index (χ1v) is 7.27. The fourth-order valence-corrected chi connectivity index (χ4v) is 3.38. The van der Waals surface area contributed by atoms with Crippen molar-refractivity contribution in [2.75, 3.05) is 5.32 Å². The highest BCUT2D eigenvalue weighted by molar-refractivity contribution is 7.15. The van der Waals surface area contributed by atoms with E-state index in [2.05, 4.69) is 20.3 Å². The van der Waals surface area contributed by atoms with Gasteiger partial charge in [0.1, 0.15) is 12.2 Å². The third-order valence-corrected chi connectivity index (χ3v) is 4.40. The minimum Gasteiger partial charge on any atom is -0.481 e. The number of aromatic nitrogens is 3. The maximum absolute atomic E-state index is 11.2. The lowest BCUT2D eigenvalue weighted by Crippen LogP contribution is -2.17. The molecule has 0 fully saturated rings. The van der Waals surface area contributed by atoms with Crippen LogP contribution in [0.4, 0.5) is 5.13 Å². The van der Waals surface area contributed by atoms with Crippen molar-refractivity contribution >= 4 is 22.4 Å². The Morgan fingerprint density at radius 1 is 1.55 bits per heavy atom. The number of anilines is 1. The first-order valence-electron chi connectivity index (χ1n) is 6.45. The number of rotatable bonds is 4. The van der Waals surface area contributed by atoms with E-state index >= 15 is 0 Å². The molecule has 7 heteroatoms. The van der Waals surface area contributed by atoms with Gasteiger partial charge >= 0.3 is 5.97 Å². The lowest BCUT2D eigenvalue weighted by atomic mass is 9.91. The third-order valence-electron chi connectivity index (χ3n) is 3.32. The largest absolute Gasteiger partial charge is 0.481 e. The standard InChI is InChI=1S/C13H14N4O2S/c18-12(19)9-2-1-3-10-11(9)17-13(20-10)15-6-8-4-5-14-7-16-8/h4-5,7,9H,1-3,6H2,(H,15,17)(H,18,19). The molecule has 0 bridgehead atoms. The summed E-state index contributed by atoms with van der Waals surface area (Å²) in [4.78, 5) is 24.8.